The molecular formula is C9H7N4NaO2. The standard InChI is InChI=1S/C9H8N4O2.Na/c1-6-4-7(13-11-2-3-12-13)8(9(14)15)10-5-6;/h2-5H,1H3,(H,14,15);/q;+1/p-1. The number of aromatic nitrogens is 4. The third-order valence-electron chi connectivity index (χ3n) is 1.83. The van der Waals surface area contributed by atoms with E-state index in [1.807, 2.05) is 0 Å². The molecule has 6 nitrogen and oxygen atoms in total. The second-order valence-corrected chi connectivity index (χ2v) is 2.99. The van der Waals surface area contributed by atoms with Crippen LogP contribution in [-0.2, 0) is 0 Å². The molecular weight excluding hydrogens is 219 g/mol. The Bertz CT molecular complexity index is 498. The minimum absolute atomic E-state index is 0. The molecule has 16 heavy (non-hydrogen) atoms. The van der Waals surface area contributed by atoms with E-state index in [0.717, 1.165) is 5.56 Å². The predicted octanol–water partition coefficient (Wildman–Crippen LogP) is -3.66. The zero-order valence-electron chi connectivity index (χ0n) is 8.91. The van der Waals surface area contributed by atoms with Crippen molar-refractivity contribution in [2.24, 2.45) is 0 Å². The van der Waals surface area contributed by atoms with Crippen LogP contribution >= 0.6 is 0 Å². The number of pyridine rings is 1. The van der Waals surface area contributed by atoms with Gasteiger partial charge in [0.2, 0.25) is 0 Å². The van der Waals surface area contributed by atoms with Gasteiger partial charge < -0.3 is 9.90 Å². The normalized spacial score (nSPS) is 9.56. The molecule has 0 radical (unpaired) electrons. The second-order valence-electron chi connectivity index (χ2n) is 2.99. The van der Waals surface area contributed by atoms with E-state index in [1.54, 1.807) is 13.0 Å². The molecule has 0 saturated carbocycles. The molecule has 76 valence electrons. The summed E-state index contributed by atoms with van der Waals surface area (Å²) < 4.78 is 0. The fourth-order valence-electron chi connectivity index (χ4n) is 1.20. The van der Waals surface area contributed by atoms with Gasteiger partial charge in [-0.25, -0.2) is 0 Å². The maximum Gasteiger partial charge on any atom is 1.00 e. The summed E-state index contributed by atoms with van der Waals surface area (Å²) in [7, 11) is 0. The topological polar surface area (TPSA) is 83.7 Å². The molecule has 0 atom stereocenters. The summed E-state index contributed by atoms with van der Waals surface area (Å²) in [6, 6.07) is 1.64. The number of nitrogens with zero attached hydrogens (tertiary/aromatic N) is 4. The predicted molar refractivity (Wildman–Crippen MR) is 48.2 cm³/mol. The van der Waals surface area contributed by atoms with Crippen LogP contribution in [0.5, 0.6) is 0 Å². The quantitative estimate of drug-likeness (QED) is 0.493. The SMILES string of the molecule is Cc1cnc(C(=O)[O-])c(-n2nccn2)c1.[Na+]. The number of hydrogen-bond acceptors (Lipinski definition) is 5. The van der Waals surface area contributed by atoms with Gasteiger partial charge in [0.1, 0.15) is 11.4 Å². The maximum absolute atomic E-state index is 10.8. The van der Waals surface area contributed by atoms with E-state index < -0.39 is 5.97 Å². The van der Waals surface area contributed by atoms with Crippen molar-refractivity contribution in [1.82, 2.24) is 20.0 Å². The summed E-state index contributed by atoms with van der Waals surface area (Å²) in [6.07, 6.45) is 4.38. The van der Waals surface area contributed by atoms with Gasteiger partial charge >= 0.3 is 29.6 Å². The first-order valence-corrected chi connectivity index (χ1v) is 4.23. The van der Waals surface area contributed by atoms with E-state index in [-0.39, 0.29) is 35.3 Å². The first-order chi connectivity index (χ1) is 7.18. The van der Waals surface area contributed by atoms with Crippen LogP contribution in [-0.4, -0.2) is 25.9 Å². The Hall–Kier alpha value is -1.24. The van der Waals surface area contributed by atoms with Crippen LogP contribution in [0.15, 0.2) is 24.7 Å². The van der Waals surface area contributed by atoms with E-state index in [2.05, 4.69) is 15.2 Å². The molecule has 0 bridgehead atoms. The Kier molecular flexibility index (Phi) is 4.17. The van der Waals surface area contributed by atoms with Gasteiger partial charge in [0, 0.05) is 6.20 Å². The van der Waals surface area contributed by atoms with Crippen molar-refractivity contribution >= 4 is 5.97 Å². The van der Waals surface area contributed by atoms with E-state index >= 15 is 0 Å². The van der Waals surface area contributed by atoms with Crippen LogP contribution in [0, 0.1) is 6.92 Å². The van der Waals surface area contributed by atoms with Gasteiger partial charge in [-0.3, -0.25) is 4.98 Å². The Labute approximate surface area is 114 Å². The van der Waals surface area contributed by atoms with Gasteiger partial charge in [-0.15, -0.1) is 4.80 Å². The van der Waals surface area contributed by atoms with Crippen LogP contribution in [0.25, 0.3) is 5.69 Å². The minimum Gasteiger partial charge on any atom is -0.543 e. The average Bonchev–Trinajstić information content (AvgIpc) is 2.69. The molecule has 0 unspecified atom stereocenters. The fourth-order valence-corrected chi connectivity index (χ4v) is 1.20. The Morgan fingerprint density at radius 2 is 2.00 bits per heavy atom. The van der Waals surface area contributed by atoms with Crippen molar-refractivity contribution in [3.05, 3.63) is 35.9 Å². The molecule has 2 aromatic heterocycles. The first kappa shape index (κ1) is 12.8. The molecule has 0 aliphatic rings. The van der Waals surface area contributed by atoms with Crippen molar-refractivity contribution in [1.29, 1.82) is 0 Å². The van der Waals surface area contributed by atoms with Crippen molar-refractivity contribution in [2.75, 3.05) is 0 Å². The Morgan fingerprint density at radius 3 is 2.56 bits per heavy atom. The molecule has 0 aromatic carbocycles. The summed E-state index contributed by atoms with van der Waals surface area (Å²) in [5, 5.41) is 18.5. The van der Waals surface area contributed by atoms with E-state index in [4.69, 9.17) is 0 Å². The first-order valence-electron chi connectivity index (χ1n) is 4.23. The summed E-state index contributed by atoms with van der Waals surface area (Å²) in [4.78, 5) is 15.8. The number of hydrogen-bond donors (Lipinski definition) is 0. The third kappa shape index (κ3) is 2.46. The summed E-state index contributed by atoms with van der Waals surface area (Å²) in [5.41, 5.74) is 0.962. The molecule has 0 N–H and O–H groups in total. The number of aromatic carboxylic acids is 1. The minimum atomic E-state index is -1.35. The van der Waals surface area contributed by atoms with E-state index in [1.165, 1.54) is 23.4 Å². The van der Waals surface area contributed by atoms with Crippen LogP contribution in [0.1, 0.15) is 16.1 Å². The maximum atomic E-state index is 10.8. The molecule has 0 spiro atoms. The largest absolute Gasteiger partial charge is 1.00 e. The van der Waals surface area contributed by atoms with Gasteiger partial charge in [-0.05, 0) is 18.6 Å². The number of carboxylic acid groups (broad SMARTS) is 1. The van der Waals surface area contributed by atoms with Gasteiger partial charge in [0.15, 0.2) is 0 Å². The molecule has 0 amide bonds. The molecule has 0 aliphatic carbocycles. The summed E-state index contributed by atoms with van der Waals surface area (Å²) >= 11 is 0. The molecule has 2 heterocycles. The van der Waals surface area contributed by atoms with Gasteiger partial charge in [-0.1, -0.05) is 0 Å². The molecule has 7 heteroatoms. The number of carbonyl (C=O) groups excluding carboxylic acids is 1. The van der Waals surface area contributed by atoms with Gasteiger partial charge in [0.05, 0.1) is 18.4 Å². The molecule has 0 saturated heterocycles. The van der Waals surface area contributed by atoms with Gasteiger partial charge in [0.25, 0.3) is 0 Å². The molecule has 0 fully saturated rings. The van der Waals surface area contributed by atoms with E-state index in [0.29, 0.717) is 5.69 Å². The van der Waals surface area contributed by atoms with Crippen LogP contribution in [0.4, 0.5) is 0 Å². The van der Waals surface area contributed by atoms with Crippen LogP contribution < -0.4 is 34.7 Å². The fraction of sp³-hybridized carbons (Fsp3) is 0.111. The Morgan fingerprint density at radius 1 is 1.38 bits per heavy atom. The summed E-state index contributed by atoms with van der Waals surface area (Å²) in [6.45, 7) is 1.80. The van der Waals surface area contributed by atoms with Crippen molar-refractivity contribution < 1.29 is 39.5 Å². The van der Waals surface area contributed by atoms with Gasteiger partial charge in [-0.2, -0.15) is 10.2 Å². The molecule has 2 aromatic rings. The number of rotatable bonds is 2. The number of aryl methyl sites for hydroxylation is 1. The van der Waals surface area contributed by atoms with Crippen molar-refractivity contribution in [2.45, 2.75) is 6.92 Å². The average molecular weight is 226 g/mol. The molecule has 2 rings (SSSR count). The van der Waals surface area contributed by atoms with Crippen LogP contribution in [0.3, 0.4) is 0 Å². The molecule has 0 aliphatic heterocycles. The van der Waals surface area contributed by atoms with Crippen LogP contribution in [0.2, 0.25) is 0 Å². The number of carboxylic acids is 1. The zero-order valence-corrected chi connectivity index (χ0v) is 10.9. The second kappa shape index (κ2) is 5.20. The summed E-state index contributed by atoms with van der Waals surface area (Å²) in [5.74, 6) is -1.35. The van der Waals surface area contributed by atoms with Crippen molar-refractivity contribution in [3.63, 3.8) is 0 Å². The van der Waals surface area contributed by atoms with Crippen molar-refractivity contribution in [3.8, 4) is 5.69 Å². The van der Waals surface area contributed by atoms with E-state index in [9.17, 15) is 9.90 Å². The zero-order chi connectivity index (χ0) is 10.8. The monoisotopic (exact) mass is 226 g/mol. The third-order valence-corrected chi connectivity index (χ3v) is 1.83. The Balaban J connectivity index is 0.00000128. The number of carbonyl (C=O) groups is 1. The smallest absolute Gasteiger partial charge is 0.543 e.